The molecule has 0 amide bonds. The van der Waals surface area contributed by atoms with Crippen LogP contribution in [0.1, 0.15) is 12.8 Å². The van der Waals surface area contributed by atoms with E-state index in [0.29, 0.717) is 11.9 Å². The largest absolute Gasteiger partial charge is 0.454 e. The summed E-state index contributed by atoms with van der Waals surface area (Å²) in [6.07, 6.45) is 2.38. The molecule has 26 heavy (non-hydrogen) atoms. The lowest BCUT2D eigenvalue weighted by atomic mass is 10.2. The molecular formula is C20H18N4O2. The number of ether oxygens (including phenoxy) is 2. The summed E-state index contributed by atoms with van der Waals surface area (Å²) in [6.45, 7) is 0.264. The van der Waals surface area contributed by atoms with E-state index in [9.17, 15) is 0 Å². The van der Waals surface area contributed by atoms with Gasteiger partial charge in [-0.05, 0) is 25.0 Å². The molecule has 1 aromatic heterocycles. The average Bonchev–Trinajstić information content (AvgIpc) is 3.36. The van der Waals surface area contributed by atoms with Gasteiger partial charge in [0, 0.05) is 29.4 Å². The van der Waals surface area contributed by atoms with Gasteiger partial charge in [0.25, 0.3) is 0 Å². The zero-order valence-electron chi connectivity index (χ0n) is 14.1. The Morgan fingerprint density at radius 1 is 0.846 bits per heavy atom. The number of benzene rings is 2. The average molecular weight is 346 g/mol. The molecular weight excluding hydrogens is 328 g/mol. The van der Waals surface area contributed by atoms with Gasteiger partial charge in [-0.15, -0.1) is 0 Å². The maximum Gasteiger partial charge on any atom is 0.231 e. The summed E-state index contributed by atoms with van der Waals surface area (Å²) in [7, 11) is 0. The zero-order chi connectivity index (χ0) is 17.3. The number of hydrogen-bond donors (Lipinski definition) is 2. The molecule has 2 aromatic carbocycles. The minimum atomic E-state index is 0.264. The van der Waals surface area contributed by atoms with E-state index >= 15 is 0 Å². The second-order valence-electron chi connectivity index (χ2n) is 6.44. The lowest BCUT2D eigenvalue weighted by Gasteiger charge is -2.11. The SMILES string of the molecule is c1ccc(-c2nc(Nc3ccc4c(c3)OCO4)cc(NC3CC3)n2)cc1. The Hall–Kier alpha value is -3.28. The monoisotopic (exact) mass is 346 g/mol. The van der Waals surface area contributed by atoms with Crippen LogP contribution in [0.4, 0.5) is 17.3 Å². The molecule has 1 fully saturated rings. The van der Waals surface area contributed by atoms with Crippen molar-refractivity contribution >= 4 is 17.3 Å². The fourth-order valence-electron chi connectivity index (χ4n) is 2.86. The molecule has 0 radical (unpaired) electrons. The Balaban J connectivity index is 1.48. The van der Waals surface area contributed by atoms with Gasteiger partial charge in [0.15, 0.2) is 17.3 Å². The number of anilines is 3. The Morgan fingerprint density at radius 2 is 1.65 bits per heavy atom. The van der Waals surface area contributed by atoms with Gasteiger partial charge in [-0.1, -0.05) is 30.3 Å². The number of nitrogens with zero attached hydrogens (tertiary/aromatic N) is 2. The summed E-state index contributed by atoms with van der Waals surface area (Å²) in [5, 5.41) is 6.81. The van der Waals surface area contributed by atoms with Gasteiger partial charge in [0.2, 0.25) is 6.79 Å². The van der Waals surface area contributed by atoms with E-state index in [0.717, 1.165) is 34.4 Å². The van der Waals surface area contributed by atoms with Gasteiger partial charge < -0.3 is 20.1 Å². The molecule has 0 saturated heterocycles. The molecule has 1 aliphatic carbocycles. The smallest absolute Gasteiger partial charge is 0.231 e. The summed E-state index contributed by atoms with van der Waals surface area (Å²) in [5.74, 6) is 3.77. The van der Waals surface area contributed by atoms with Crippen molar-refractivity contribution in [2.24, 2.45) is 0 Å². The van der Waals surface area contributed by atoms with E-state index in [1.54, 1.807) is 0 Å². The fraction of sp³-hybridized carbons (Fsp3) is 0.200. The third-order valence-corrected chi connectivity index (χ3v) is 4.33. The van der Waals surface area contributed by atoms with Crippen LogP contribution in [0, 0.1) is 0 Å². The van der Waals surface area contributed by atoms with Crippen LogP contribution < -0.4 is 20.1 Å². The highest BCUT2D eigenvalue weighted by molar-refractivity contribution is 5.67. The molecule has 6 heteroatoms. The van der Waals surface area contributed by atoms with Crippen molar-refractivity contribution in [3.05, 3.63) is 54.6 Å². The lowest BCUT2D eigenvalue weighted by molar-refractivity contribution is 0.174. The second-order valence-corrected chi connectivity index (χ2v) is 6.44. The lowest BCUT2D eigenvalue weighted by Crippen LogP contribution is -2.06. The van der Waals surface area contributed by atoms with Crippen LogP contribution in [0.3, 0.4) is 0 Å². The molecule has 0 spiro atoms. The molecule has 6 nitrogen and oxygen atoms in total. The minimum absolute atomic E-state index is 0.264. The first kappa shape index (κ1) is 15.0. The maximum atomic E-state index is 5.45. The van der Waals surface area contributed by atoms with E-state index in [2.05, 4.69) is 20.6 Å². The van der Waals surface area contributed by atoms with Gasteiger partial charge in [0.1, 0.15) is 11.6 Å². The van der Waals surface area contributed by atoms with Crippen LogP contribution in [-0.2, 0) is 0 Å². The van der Waals surface area contributed by atoms with Crippen LogP contribution in [0.25, 0.3) is 11.4 Å². The summed E-state index contributed by atoms with van der Waals surface area (Å²) in [4.78, 5) is 9.36. The molecule has 1 saturated carbocycles. The van der Waals surface area contributed by atoms with E-state index in [1.165, 1.54) is 12.8 Å². The van der Waals surface area contributed by atoms with Crippen LogP contribution in [-0.4, -0.2) is 22.8 Å². The molecule has 5 rings (SSSR count). The number of fused-ring (bicyclic) bond motifs is 1. The molecule has 2 aliphatic rings. The van der Waals surface area contributed by atoms with Crippen molar-refractivity contribution in [2.45, 2.75) is 18.9 Å². The molecule has 0 unspecified atom stereocenters. The van der Waals surface area contributed by atoms with Crippen molar-refractivity contribution in [3.63, 3.8) is 0 Å². The highest BCUT2D eigenvalue weighted by Crippen LogP contribution is 2.35. The maximum absolute atomic E-state index is 5.45. The van der Waals surface area contributed by atoms with Crippen LogP contribution in [0.15, 0.2) is 54.6 Å². The highest BCUT2D eigenvalue weighted by atomic mass is 16.7. The Morgan fingerprint density at radius 3 is 2.50 bits per heavy atom. The molecule has 2 N–H and O–H groups in total. The standard InChI is InChI=1S/C20H18N4O2/c1-2-4-13(5-3-1)20-23-18(21-14-6-7-14)11-19(24-20)22-15-8-9-16-17(10-15)26-12-25-16/h1-5,8-11,14H,6-7,12H2,(H2,21,22,23,24). The fourth-order valence-corrected chi connectivity index (χ4v) is 2.86. The molecule has 0 atom stereocenters. The number of nitrogens with one attached hydrogen (secondary N) is 2. The van der Waals surface area contributed by atoms with Crippen LogP contribution in [0.2, 0.25) is 0 Å². The highest BCUT2D eigenvalue weighted by Gasteiger charge is 2.22. The van der Waals surface area contributed by atoms with Crippen LogP contribution >= 0.6 is 0 Å². The van der Waals surface area contributed by atoms with Gasteiger partial charge in [-0.25, -0.2) is 9.97 Å². The van der Waals surface area contributed by atoms with Gasteiger partial charge in [-0.3, -0.25) is 0 Å². The third-order valence-electron chi connectivity index (χ3n) is 4.33. The summed E-state index contributed by atoms with van der Waals surface area (Å²) in [6, 6.07) is 18.2. The predicted octanol–water partition coefficient (Wildman–Crippen LogP) is 4.19. The van der Waals surface area contributed by atoms with Gasteiger partial charge in [-0.2, -0.15) is 0 Å². The Bertz CT molecular complexity index is 942. The third kappa shape index (κ3) is 3.13. The molecule has 2 heterocycles. The number of rotatable bonds is 5. The van der Waals surface area contributed by atoms with Crippen molar-refractivity contribution in [1.29, 1.82) is 0 Å². The first-order chi connectivity index (χ1) is 12.8. The minimum Gasteiger partial charge on any atom is -0.454 e. The first-order valence-corrected chi connectivity index (χ1v) is 8.71. The zero-order valence-corrected chi connectivity index (χ0v) is 14.1. The second kappa shape index (κ2) is 6.22. The topological polar surface area (TPSA) is 68.3 Å². The van der Waals surface area contributed by atoms with Crippen LogP contribution in [0.5, 0.6) is 11.5 Å². The van der Waals surface area contributed by atoms with Gasteiger partial charge in [0.05, 0.1) is 0 Å². The van der Waals surface area contributed by atoms with Crippen molar-refractivity contribution in [2.75, 3.05) is 17.4 Å². The van der Waals surface area contributed by atoms with Gasteiger partial charge >= 0.3 is 0 Å². The number of aromatic nitrogens is 2. The normalized spacial score (nSPS) is 14.9. The van der Waals surface area contributed by atoms with Crippen molar-refractivity contribution in [1.82, 2.24) is 9.97 Å². The summed E-state index contributed by atoms with van der Waals surface area (Å²) in [5.41, 5.74) is 1.88. The molecule has 130 valence electrons. The summed E-state index contributed by atoms with van der Waals surface area (Å²) < 4.78 is 10.8. The summed E-state index contributed by atoms with van der Waals surface area (Å²) >= 11 is 0. The first-order valence-electron chi connectivity index (χ1n) is 8.71. The van der Waals surface area contributed by atoms with Crippen molar-refractivity contribution in [3.8, 4) is 22.9 Å². The quantitative estimate of drug-likeness (QED) is 0.722. The van der Waals surface area contributed by atoms with Crippen molar-refractivity contribution < 1.29 is 9.47 Å². The van der Waals surface area contributed by atoms with E-state index < -0.39 is 0 Å². The molecule has 1 aliphatic heterocycles. The molecule has 3 aromatic rings. The Kier molecular flexibility index (Phi) is 3.59. The van der Waals surface area contributed by atoms with E-state index in [1.807, 2.05) is 54.6 Å². The predicted molar refractivity (Wildman–Crippen MR) is 100.0 cm³/mol. The van der Waals surface area contributed by atoms with E-state index in [-0.39, 0.29) is 6.79 Å². The van der Waals surface area contributed by atoms with E-state index in [4.69, 9.17) is 9.47 Å². The molecule has 0 bridgehead atoms. The number of hydrogen-bond acceptors (Lipinski definition) is 6. The Labute approximate surface area is 151 Å².